The zero-order valence-corrected chi connectivity index (χ0v) is 13.2. The third kappa shape index (κ3) is 10.8. The van der Waals surface area contributed by atoms with E-state index < -0.39 is 0 Å². The number of unbranched alkanes of at least 4 members (excludes halogenated alkanes) is 4. The van der Waals surface area contributed by atoms with E-state index in [4.69, 9.17) is 0 Å². The predicted octanol–water partition coefficient (Wildman–Crippen LogP) is 5.60. The molecule has 0 aromatic rings. The molecule has 2 heteroatoms. The van der Waals surface area contributed by atoms with Crippen molar-refractivity contribution >= 4 is 6.08 Å². The van der Waals surface area contributed by atoms with Crippen LogP contribution in [0.15, 0.2) is 30.3 Å². The van der Waals surface area contributed by atoms with E-state index >= 15 is 0 Å². The summed E-state index contributed by atoms with van der Waals surface area (Å²) in [6.07, 6.45) is 17.0. The molecule has 0 bridgehead atoms. The van der Waals surface area contributed by atoms with Crippen LogP contribution in [0.25, 0.3) is 0 Å². The third-order valence-corrected chi connectivity index (χ3v) is 3.75. The number of nitrogens with zero attached hydrogens (tertiary/aromatic N) is 1. The number of rotatable bonds is 14. The number of isocyanates is 1. The average Bonchev–Trinajstić information content (AvgIpc) is 2.44. The van der Waals surface area contributed by atoms with Crippen LogP contribution in [0.5, 0.6) is 0 Å². The maximum atomic E-state index is 10.6. The molecule has 0 aromatic carbocycles. The van der Waals surface area contributed by atoms with Crippen molar-refractivity contribution in [3.63, 3.8) is 0 Å². The van der Waals surface area contributed by atoms with Crippen LogP contribution in [0, 0.1) is 5.92 Å². The van der Waals surface area contributed by atoms with Crippen molar-refractivity contribution in [3.05, 3.63) is 25.3 Å². The second kappa shape index (κ2) is 14.3. The van der Waals surface area contributed by atoms with Crippen molar-refractivity contribution < 1.29 is 4.79 Å². The molecule has 0 aromatic heterocycles. The van der Waals surface area contributed by atoms with Crippen LogP contribution in [0.4, 0.5) is 0 Å². The summed E-state index contributed by atoms with van der Waals surface area (Å²) in [4.78, 5) is 14.6. The minimum absolute atomic E-state index is 0.151. The SMILES string of the molecule is C=CCCCC(CC=C)CC(CCCCCC)N=C=O. The molecular formula is C18H31NO. The largest absolute Gasteiger partial charge is 0.235 e. The molecule has 0 aliphatic carbocycles. The summed E-state index contributed by atoms with van der Waals surface area (Å²) in [7, 11) is 0. The fraction of sp³-hybridized carbons (Fsp3) is 0.722. The van der Waals surface area contributed by atoms with E-state index in [9.17, 15) is 4.79 Å². The standard InChI is InChI=1S/C18H31NO/c1-4-7-9-11-14-18(19-16-20)15-17(12-6-3)13-10-8-5-2/h5-6,17-18H,2-4,7-15H2,1H3. The number of carbonyl (C=O) groups excluding carboxylic acids is 1. The van der Waals surface area contributed by atoms with Gasteiger partial charge in [0.2, 0.25) is 6.08 Å². The van der Waals surface area contributed by atoms with Gasteiger partial charge in [-0.25, -0.2) is 9.79 Å². The first-order valence-electron chi connectivity index (χ1n) is 8.07. The Hall–Kier alpha value is -1.14. The van der Waals surface area contributed by atoms with Gasteiger partial charge in [-0.2, -0.15) is 0 Å². The molecule has 0 rings (SSSR count). The van der Waals surface area contributed by atoms with Gasteiger partial charge in [0.1, 0.15) is 0 Å². The molecule has 2 atom stereocenters. The molecule has 0 spiro atoms. The maximum absolute atomic E-state index is 10.6. The Labute approximate surface area is 125 Å². The van der Waals surface area contributed by atoms with Crippen LogP contribution in [0.1, 0.15) is 71.1 Å². The van der Waals surface area contributed by atoms with Crippen molar-refractivity contribution in [2.24, 2.45) is 10.9 Å². The number of hydrogen-bond acceptors (Lipinski definition) is 2. The van der Waals surface area contributed by atoms with E-state index in [1.54, 1.807) is 6.08 Å². The Morgan fingerprint density at radius 2 is 1.90 bits per heavy atom. The van der Waals surface area contributed by atoms with Crippen LogP contribution in [0.2, 0.25) is 0 Å². The van der Waals surface area contributed by atoms with Gasteiger partial charge in [-0.3, -0.25) is 0 Å². The summed E-state index contributed by atoms with van der Waals surface area (Å²) >= 11 is 0. The summed E-state index contributed by atoms with van der Waals surface area (Å²) in [6, 6.07) is 0.151. The van der Waals surface area contributed by atoms with E-state index in [0.29, 0.717) is 5.92 Å². The molecule has 0 aliphatic rings. The zero-order valence-electron chi connectivity index (χ0n) is 13.2. The first-order chi connectivity index (χ1) is 9.78. The molecule has 114 valence electrons. The minimum Gasteiger partial charge on any atom is -0.211 e. The second-order valence-electron chi connectivity index (χ2n) is 5.57. The number of allylic oxidation sites excluding steroid dienone is 2. The molecule has 0 heterocycles. The van der Waals surface area contributed by atoms with Gasteiger partial charge in [0.05, 0.1) is 6.04 Å². The fourth-order valence-electron chi connectivity index (χ4n) is 2.62. The normalized spacial score (nSPS) is 13.2. The van der Waals surface area contributed by atoms with Gasteiger partial charge in [-0.05, 0) is 44.4 Å². The summed E-state index contributed by atoms with van der Waals surface area (Å²) in [5.74, 6) is 0.584. The van der Waals surface area contributed by atoms with E-state index in [-0.39, 0.29) is 6.04 Å². The van der Waals surface area contributed by atoms with Gasteiger partial charge >= 0.3 is 0 Å². The van der Waals surface area contributed by atoms with Crippen LogP contribution in [-0.2, 0) is 4.79 Å². The summed E-state index contributed by atoms with van der Waals surface area (Å²) in [6.45, 7) is 9.81. The van der Waals surface area contributed by atoms with E-state index in [2.05, 4.69) is 25.1 Å². The Morgan fingerprint density at radius 3 is 2.50 bits per heavy atom. The van der Waals surface area contributed by atoms with Gasteiger partial charge < -0.3 is 0 Å². The van der Waals surface area contributed by atoms with E-state index in [1.165, 1.54) is 19.3 Å². The van der Waals surface area contributed by atoms with Crippen molar-refractivity contribution in [1.29, 1.82) is 0 Å². The zero-order chi connectivity index (χ0) is 15.1. The molecule has 0 saturated carbocycles. The van der Waals surface area contributed by atoms with Crippen LogP contribution in [-0.4, -0.2) is 12.1 Å². The first-order valence-corrected chi connectivity index (χ1v) is 8.07. The average molecular weight is 277 g/mol. The Kier molecular flexibility index (Phi) is 13.5. The number of aliphatic imine (C=N–C) groups is 1. The highest BCUT2D eigenvalue weighted by Gasteiger charge is 2.14. The Bertz CT molecular complexity index is 292. The molecule has 0 amide bonds. The van der Waals surface area contributed by atoms with E-state index in [1.807, 2.05) is 12.2 Å². The second-order valence-corrected chi connectivity index (χ2v) is 5.57. The first kappa shape index (κ1) is 18.9. The van der Waals surface area contributed by atoms with Gasteiger partial charge in [-0.1, -0.05) is 44.8 Å². The highest BCUT2D eigenvalue weighted by atomic mass is 16.1. The van der Waals surface area contributed by atoms with Crippen LogP contribution < -0.4 is 0 Å². The van der Waals surface area contributed by atoms with Crippen LogP contribution in [0.3, 0.4) is 0 Å². The molecule has 0 radical (unpaired) electrons. The lowest BCUT2D eigenvalue weighted by Crippen LogP contribution is -2.12. The van der Waals surface area contributed by atoms with Crippen molar-refractivity contribution in [3.8, 4) is 0 Å². The highest BCUT2D eigenvalue weighted by Crippen LogP contribution is 2.23. The molecule has 2 unspecified atom stereocenters. The van der Waals surface area contributed by atoms with E-state index in [0.717, 1.165) is 44.9 Å². The molecule has 0 N–H and O–H groups in total. The summed E-state index contributed by atoms with van der Waals surface area (Å²) in [5, 5.41) is 0. The molecule has 20 heavy (non-hydrogen) atoms. The van der Waals surface area contributed by atoms with Gasteiger partial charge in [0.25, 0.3) is 0 Å². The molecule has 0 saturated heterocycles. The summed E-state index contributed by atoms with van der Waals surface area (Å²) < 4.78 is 0. The molecule has 2 nitrogen and oxygen atoms in total. The quantitative estimate of drug-likeness (QED) is 0.176. The topological polar surface area (TPSA) is 29.4 Å². The highest BCUT2D eigenvalue weighted by molar-refractivity contribution is 5.33. The summed E-state index contributed by atoms with van der Waals surface area (Å²) in [5.41, 5.74) is 0. The van der Waals surface area contributed by atoms with Gasteiger partial charge in [0, 0.05) is 0 Å². The fourth-order valence-corrected chi connectivity index (χ4v) is 2.62. The maximum Gasteiger partial charge on any atom is 0.235 e. The van der Waals surface area contributed by atoms with Crippen molar-refractivity contribution in [2.45, 2.75) is 77.2 Å². The van der Waals surface area contributed by atoms with Gasteiger partial charge in [0.15, 0.2) is 0 Å². The monoisotopic (exact) mass is 277 g/mol. The lowest BCUT2D eigenvalue weighted by molar-refractivity contribution is 0.383. The molecule has 0 aliphatic heterocycles. The molecular weight excluding hydrogens is 246 g/mol. The van der Waals surface area contributed by atoms with Crippen molar-refractivity contribution in [1.82, 2.24) is 0 Å². The minimum atomic E-state index is 0.151. The Morgan fingerprint density at radius 1 is 1.10 bits per heavy atom. The molecule has 0 fully saturated rings. The lowest BCUT2D eigenvalue weighted by atomic mass is 9.89. The lowest BCUT2D eigenvalue weighted by Gasteiger charge is -2.19. The van der Waals surface area contributed by atoms with Crippen LogP contribution >= 0.6 is 0 Å². The Balaban J connectivity index is 4.21. The third-order valence-electron chi connectivity index (χ3n) is 3.75. The smallest absolute Gasteiger partial charge is 0.211 e. The van der Waals surface area contributed by atoms with Crippen molar-refractivity contribution in [2.75, 3.05) is 0 Å². The number of hydrogen-bond donors (Lipinski definition) is 0. The van der Waals surface area contributed by atoms with Gasteiger partial charge in [-0.15, -0.1) is 13.2 Å². The predicted molar refractivity (Wildman–Crippen MR) is 87.6 cm³/mol.